The molecule has 10 aromatic rings. The van der Waals surface area contributed by atoms with Crippen LogP contribution in [0, 0.1) is 13.8 Å². The van der Waals surface area contributed by atoms with Crippen molar-refractivity contribution < 1.29 is 0 Å². The van der Waals surface area contributed by atoms with Crippen LogP contribution in [0.3, 0.4) is 0 Å². The second-order valence-corrected chi connectivity index (χ2v) is 25.5. The number of fused-ring (bicyclic) bond motifs is 8. The molecule has 0 saturated heterocycles. The van der Waals surface area contributed by atoms with E-state index < -0.39 is 0 Å². The summed E-state index contributed by atoms with van der Waals surface area (Å²) >= 11 is 0. The molecule has 0 unspecified atom stereocenters. The topological polar surface area (TPSA) is 0 Å². The molecule has 0 spiro atoms. The molecular weight excluding hydrogens is 865 g/mol. The predicted molar refractivity (Wildman–Crippen MR) is 314 cm³/mol. The van der Waals surface area contributed by atoms with Crippen molar-refractivity contribution in [2.45, 2.75) is 119 Å². The van der Waals surface area contributed by atoms with Crippen molar-refractivity contribution in [3.8, 4) is 89.0 Å². The first kappa shape index (κ1) is 46.1. The molecule has 0 aliphatic heterocycles. The fourth-order valence-electron chi connectivity index (χ4n) is 12.4. The lowest BCUT2D eigenvalue weighted by atomic mass is 9.75. The van der Waals surface area contributed by atoms with Gasteiger partial charge in [-0.15, -0.1) is 0 Å². The summed E-state index contributed by atoms with van der Waals surface area (Å²) in [4.78, 5) is 0. The van der Waals surface area contributed by atoms with Gasteiger partial charge in [-0.1, -0.05) is 252 Å². The molecule has 10 aromatic carbocycles. The summed E-state index contributed by atoms with van der Waals surface area (Å²) < 4.78 is 0. The molecule has 0 saturated carbocycles. The molecule has 0 radical (unpaired) electrons. The minimum Gasteiger partial charge on any atom is -0.0616 e. The third-order valence-electron chi connectivity index (χ3n) is 16.2. The molecule has 12 rings (SSSR count). The van der Waals surface area contributed by atoms with Crippen molar-refractivity contribution >= 4 is 32.3 Å². The molecule has 0 N–H and O–H groups in total. The number of hydrogen-bond acceptors (Lipinski definition) is 0. The van der Waals surface area contributed by atoms with Crippen molar-refractivity contribution in [2.75, 3.05) is 0 Å². The van der Waals surface area contributed by atoms with Gasteiger partial charge in [-0.2, -0.15) is 0 Å². The van der Waals surface area contributed by atoms with Crippen LogP contribution in [-0.4, -0.2) is 0 Å². The van der Waals surface area contributed by atoms with Gasteiger partial charge in [0.25, 0.3) is 0 Å². The summed E-state index contributed by atoms with van der Waals surface area (Å²) in [5.41, 5.74) is 28.9. The minimum atomic E-state index is -0.0451. The second kappa shape index (κ2) is 15.7. The highest BCUT2D eigenvalue weighted by molar-refractivity contribution is 6.35. The standard InChI is InChI=1S/C72H68/c1-41-21-19-23-43(33-41)59-51-25-15-16-26-52(51)60(44-24-20-22-42(2)34-44)66-56-30-32-58-64-57(31-29-55(63(56)64)65(59)66)67-61(45-35-47(69(3,4)5)39-48(36-45)70(6,7)8)53-27-17-18-28-54(53)62(68(58)67)46-37-49(71(9,10)11)40-50(38-46)72(12,13)14/h15-40H,1-14H3. The molecule has 0 atom stereocenters. The molecule has 0 nitrogen and oxygen atoms in total. The van der Waals surface area contributed by atoms with E-state index in [1.807, 2.05) is 0 Å². The lowest BCUT2D eigenvalue weighted by Crippen LogP contribution is -2.17. The molecule has 0 bridgehead atoms. The highest BCUT2D eigenvalue weighted by Gasteiger charge is 2.38. The molecule has 0 aromatic heterocycles. The van der Waals surface area contributed by atoms with Gasteiger partial charge in [-0.25, -0.2) is 0 Å². The molecule has 0 amide bonds. The lowest BCUT2D eigenvalue weighted by Gasteiger charge is -2.29. The van der Waals surface area contributed by atoms with Crippen LogP contribution in [0.25, 0.3) is 121 Å². The van der Waals surface area contributed by atoms with Gasteiger partial charge in [0.1, 0.15) is 0 Å². The molecule has 356 valence electrons. The van der Waals surface area contributed by atoms with Crippen LogP contribution in [-0.2, 0) is 21.7 Å². The van der Waals surface area contributed by atoms with E-state index >= 15 is 0 Å². The van der Waals surface area contributed by atoms with E-state index in [1.165, 1.54) is 155 Å². The van der Waals surface area contributed by atoms with Crippen molar-refractivity contribution in [1.29, 1.82) is 0 Å². The Morgan fingerprint density at radius 2 is 0.500 bits per heavy atom. The van der Waals surface area contributed by atoms with Crippen LogP contribution >= 0.6 is 0 Å². The van der Waals surface area contributed by atoms with Gasteiger partial charge in [0.05, 0.1) is 0 Å². The van der Waals surface area contributed by atoms with Crippen LogP contribution in [0.5, 0.6) is 0 Å². The van der Waals surface area contributed by atoms with Crippen molar-refractivity contribution in [3.63, 3.8) is 0 Å². The van der Waals surface area contributed by atoms with Gasteiger partial charge in [0.15, 0.2) is 0 Å². The number of benzene rings is 10. The van der Waals surface area contributed by atoms with Crippen LogP contribution < -0.4 is 0 Å². The van der Waals surface area contributed by atoms with Gasteiger partial charge in [0, 0.05) is 0 Å². The number of aryl methyl sites for hydroxylation is 2. The Hall–Kier alpha value is -7.02. The zero-order chi connectivity index (χ0) is 50.6. The number of hydrogen-bond donors (Lipinski definition) is 0. The maximum Gasteiger partial charge on any atom is -0.000740 e. The Bertz CT molecular complexity index is 3630. The summed E-state index contributed by atoms with van der Waals surface area (Å²) in [5, 5.41) is 7.92. The first-order valence-corrected chi connectivity index (χ1v) is 26.3. The van der Waals surface area contributed by atoms with Crippen LogP contribution in [0.15, 0.2) is 158 Å². The average Bonchev–Trinajstić information content (AvgIpc) is 3.83. The molecule has 0 fully saturated rings. The quantitative estimate of drug-likeness (QED) is 0.165. The second-order valence-electron chi connectivity index (χ2n) is 25.5. The highest BCUT2D eigenvalue weighted by atomic mass is 14.4. The van der Waals surface area contributed by atoms with Gasteiger partial charge in [0.2, 0.25) is 0 Å². The fourth-order valence-corrected chi connectivity index (χ4v) is 12.4. The fraction of sp³-hybridized carbons (Fsp3) is 0.250. The molecular formula is C72H68. The predicted octanol–water partition coefficient (Wildman–Crippen LogP) is 20.9. The van der Waals surface area contributed by atoms with Gasteiger partial charge >= 0.3 is 0 Å². The van der Waals surface area contributed by atoms with Crippen molar-refractivity contribution in [2.24, 2.45) is 0 Å². The minimum absolute atomic E-state index is 0.0451. The first-order valence-electron chi connectivity index (χ1n) is 26.3. The summed E-state index contributed by atoms with van der Waals surface area (Å²) in [5.74, 6) is 0. The monoisotopic (exact) mass is 933 g/mol. The van der Waals surface area contributed by atoms with E-state index in [0.717, 1.165) is 0 Å². The molecule has 2 aliphatic rings. The molecule has 2 aliphatic carbocycles. The van der Waals surface area contributed by atoms with E-state index in [0.29, 0.717) is 0 Å². The van der Waals surface area contributed by atoms with E-state index in [2.05, 4.69) is 255 Å². The van der Waals surface area contributed by atoms with E-state index in [1.54, 1.807) is 0 Å². The zero-order valence-corrected chi connectivity index (χ0v) is 45.0. The maximum atomic E-state index is 2.52. The van der Waals surface area contributed by atoms with E-state index in [-0.39, 0.29) is 21.7 Å². The van der Waals surface area contributed by atoms with Gasteiger partial charge in [-0.3, -0.25) is 0 Å². The average molecular weight is 933 g/mol. The van der Waals surface area contributed by atoms with Gasteiger partial charge < -0.3 is 0 Å². The molecule has 72 heavy (non-hydrogen) atoms. The Balaban J connectivity index is 1.28. The highest BCUT2D eigenvalue weighted by Crippen LogP contribution is 2.65. The molecule has 0 heteroatoms. The maximum absolute atomic E-state index is 2.52. The van der Waals surface area contributed by atoms with Crippen LogP contribution in [0.2, 0.25) is 0 Å². The Labute approximate surface area is 428 Å². The zero-order valence-electron chi connectivity index (χ0n) is 45.0. The summed E-state index contributed by atoms with van der Waals surface area (Å²) in [6, 6.07) is 62.0. The normalized spacial score (nSPS) is 13.1. The molecule has 0 heterocycles. The smallest absolute Gasteiger partial charge is 0.000740 e. The van der Waals surface area contributed by atoms with Gasteiger partial charge in [-0.05, 0) is 179 Å². The Morgan fingerprint density at radius 1 is 0.236 bits per heavy atom. The Morgan fingerprint density at radius 3 is 0.750 bits per heavy atom. The summed E-state index contributed by atoms with van der Waals surface area (Å²) in [6.45, 7) is 32.8. The largest absolute Gasteiger partial charge is 0.0616 e. The van der Waals surface area contributed by atoms with E-state index in [4.69, 9.17) is 0 Å². The van der Waals surface area contributed by atoms with Crippen LogP contribution in [0.1, 0.15) is 116 Å². The van der Waals surface area contributed by atoms with Crippen molar-refractivity contribution in [1.82, 2.24) is 0 Å². The number of rotatable bonds is 4. The van der Waals surface area contributed by atoms with Crippen molar-refractivity contribution in [3.05, 3.63) is 191 Å². The third-order valence-corrected chi connectivity index (χ3v) is 16.2. The SMILES string of the molecule is Cc1cccc(-c2c3c(c(-c4cccc(C)c4)c4ccccc24)-c2ccc4c5c(ccc-3c25)-c2c-4c(-c3cc(C(C)(C)C)cc(C(C)(C)C)c3)c3ccccc3c2-c2cc(C(C)(C)C)cc(C(C)(C)C)c2)c1. The first-order chi connectivity index (χ1) is 34.1. The summed E-state index contributed by atoms with van der Waals surface area (Å²) in [7, 11) is 0. The Kier molecular flexibility index (Phi) is 10.1. The lowest BCUT2D eigenvalue weighted by molar-refractivity contribution is 0.568. The van der Waals surface area contributed by atoms with Crippen LogP contribution in [0.4, 0.5) is 0 Å². The third kappa shape index (κ3) is 7.07. The summed E-state index contributed by atoms with van der Waals surface area (Å²) in [6.07, 6.45) is 0. The van der Waals surface area contributed by atoms with E-state index in [9.17, 15) is 0 Å².